The van der Waals surface area contributed by atoms with Gasteiger partial charge in [0.15, 0.2) is 0 Å². The second-order valence-corrected chi connectivity index (χ2v) is 5.91. The Morgan fingerprint density at radius 2 is 1.81 bits per heavy atom. The third-order valence-electron chi connectivity index (χ3n) is 3.61. The van der Waals surface area contributed by atoms with E-state index < -0.39 is 6.04 Å². The molecule has 0 heterocycles. The topological polar surface area (TPSA) is 67.6 Å². The number of hydrogen-bond acceptors (Lipinski definition) is 4. The molecule has 144 valence electrons. The highest BCUT2D eigenvalue weighted by molar-refractivity contribution is 5.85. The summed E-state index contributed by atoms with van der Waals surface area (Å²) in [6.45, 7) is 1.90. The third-order valence-corrected chi connectivity index (χ3v) is 3.61. The van der Waals surface area contributed by atoms with Crippen molar-refractivity contribution in [1.29, 1.82) is 0 Å². The number of benzene rings is 2. The first-order valence-electron chi connectivity index (χ1n) is 8.01. The maximum atomic E-state index is 12.2. The average molecular weight is 400 g/mol. The molecule has 3 N–H and O–H groups in total. The van der Waals surface area contributed by atoms with Crippen LogP contribution < -0.4 is 15.8 Å². The van der Waals surface area contributed by atoms with Crippen LogP contribution in [0.1, 0.15) is 17.2 Å². The molecule has 5 nitrogen and oxygen atoms in total. The van der Waals surface area contributed by atoms with Crippen LogP contribution in [0.3, 0.4) is 0 Å². The van der Waals surface area contributed by atoms with Crippen LogP contribution in [0.2, 0.25) is 0 Å². The maximum absolute atomic E-state index is 12.2. The standard InChI is InChI=1S/C19H25N3O2.2ClH/c1-22(2)11-12-24-17-10-6-7-15(13-17)14-21-19(23)18(20)16-8-4-3-5-9-16;;/h3-10,13,18H,11-12,14,20H2,1-2H3,(H,21,23);2*1H. The van der Waals surface area contributed by atoms with Crippen molar-refractivity contribution in [3.05, 3.63) is 65.7 Å². The predicted molar refractivity (Wildman–Crippen MR) is 110 cm³/mol. The molecule has 0 aliphatic carbocycles. The summed E-state index contributed by atoms with van der Waals surface area (Å²) in [6, 6.07) is 16.4. The van der Waals surface area contributed by atoms with Crippen molar-refractivity contribution in [2.45, 2.75) is 12.6 Å². The number of carbonyl (C=O) groups is 1. The van der Waals surface area contributed by atoms with Crippen LogP contribution in [0.25, 0.3) is 0 Å². The fraction of sp³-hybridized carbons (Fsp3) is 0.316. The van der Waals surface area contributed by atoms with Crippen molar-refractivity contribution < 1.29 is 9.53 Å². The summed E-state index contributed by atoms with van der Waals surface area (Å²) < 4.78 is 5.70. The van der Waals surface area contributed by atoms with Crippen LogP contribution in [0.4, 0.5) is 0 Å². The molecule has 1 amide bonds. The number of rotatable bonds is 8. The van der Waals surface area contributed by atoms with Gasteiger partial charge in [0.1, 0.15) is 18.4 Å². The second-order valence-electron chi connectivity index (χ2n) is 5.91. The lowest BCUT2D eigenvalue weighted by molar-refractivity contribution is -0.122. The zero-order chi connectivity index (χ0) is 17.4. The molecule has 2 aromatic rings. The first-order valence-corrected chi connectivity index (χ1v) is 8.01. The molecule has 2 rings (SSSR count). The van der Waals surface area contributed by atoms with Crippen LogP contribution in [-0.4, -0.2) is 38.1 Å². The number of ether oxygens (including phenoxy) is 1. The first kappa shape index (κ1) is 24.2. The van der Waals surface area contributed by atoms with Crippen LogP contribution in [-0.2, 0) is 11.3 Å². The number of nitrogens with one attached hydrogen (secondary N) is 1. The molecular weight excluding hydrogens is 373 g/mol. The van der Waals surface area contributed by atoms with E-state index in [4.69, 9.17) is 10.5 Å². The van der Waals surface area contributed by atoms with Gasteiger partial charge in [0.25, 0.3) is 0 Å². The van der Waals surface area contributed by atoms with Gasteiger partial charge in [0, 0.05) is 13.1 Å². The molecule has 0 aliphatic heterocycles. The summed E-state index contributed by atoms with van der Waals surface area (Å²) in [7, 11) is 4.01. The Balaban J connectivity index is 0.00000312. The Hall–Kier alpha value is -1.79. The molecule has 2 aromatic carbocycles. The van der Waals surface area contributed by atoms with E-state index in [0.717, 1.165) is 23.4 Å². The minimum atomic E-state index is -0.661. The molecule has 1 unspecified atom stereocenters. The van der Waals surface area contributed by atoms with E-state index in [1.807, 2.05) is 68.7 Å². The van der Waals surface area contributed by atoms with E-state index in [1.165, 1.54) is 0 Å². The van der Waals surface area contributed by atoms with Gasteiger partial charge in [-0.2, -0.15) is 0 Å². The van der Waals surface area contributed by atoms with Gasteiger partial charge in [-0.1, -0.05) is 42.5 Å². The molecule has 0 saturated carbocycles. The minimum absolute atomic E-state index is 0. The lowest BCUT2D eigenvalue weighted by Crippen LogP contribution is -2.33. The van der Waals surface area contributed by atoms with Gasteiger partial charge in [0.2, 0.25) is 5.91 Å². The molecule has 0 radical (unpaired) electrons. The van der Waals surface area contributed by atoms with Crippen molar-refractivity contribution >= 4 is 30.7 Å². The largest absolute Gasteiger partial charge is 0.492 e. The van der Waals surface area contributed by atoms with Crippen molar-refractivity contribution in [1.82, 2.24) is 10.2 Å². The number of nitrogens with zero attached hydrogens (tertiary/aromatic N) is 1. The Morgan fingerprint density at radius 3 is 2.46 bits per heavy atom. The smallest absolute Gasteiger partial charge is 0.241 e. The number of carbonyl (C=O) groups excluding carboxylic acids is 1. The average Bonchev–Trinajstić information content (AvgIpc) is 2.60. The van der Waals surface area contributed by atoms with Crippen LogP contribution >= 0.6 is 24.8 Å². The Morgan fingerprint density at radius 1 is 1.12 bits per heavy atom. The summed E-state index contributed by atoms with van der Waals surface area (Å²) in [5.41, 5.74) is 7.76. The first-order chi connectivity index (χ1) is 11.6. The van der Waals surface area contributed by atoms with Crippen molar-refractivity contribution in [2.75, 3.05) is 27.2 Å². The van der Waals surface area contributed by atoms with Crippen molar-refractivity contribution in [2.24, 2.45) is 5.73 Å². The van der Waals surface area contributed by atoms with Crippen molar-refractivity contribution in [3.8, 4) is 5.75 Å². The number of likely N-dealkylation sites (N-methyl/N-ethyl adjacent to an activating group) is 1. The molecule has 0 saturated heterocycles. The maximum Gasteiger partial charge on any atom is 0.241 e. The fourth-order valence-corrected chi connectivity index (χ4v) is 2.20. The zero-order valence-electron chi connectivity index (χ0n) is 15.1. The normalized spacial score (nSPS) is 11.1. The zero-order valence-corrected chi connectivity index (χ0v) is 16.7. The number of halogens is 2. The summed E-state index contributed by atoms with van der Waals surface area (Å²) in [4.78, 5) is 14.2. The summed E-state index contributed by atoms with van der Waals surface area (Å²) in [5.74, 6) is 0.607. The minimum Gasteiger partial charge on any atom is -0.492 e. The number of amides is 1. The quantitative estimate of drug-likeness (QED) is 0.715. The summed E-state index contributed by atoms with van der Waals surface area (Å²) in [5, 5.41) is 2.87. The molecule has 0 spiro atoms. The predicted octanol–water partition coefficient (Wildman–Crippen LogP) is 2.79. The van der Waals surface area contributed by atoms with Crippen LogP contribution in [0.5, 0.6) is 5.75 Å². The number of hydrogen-bond donors (Lipinski definition) is 2. The van der Waals surface area contributed by atoms with Gasteiger partial charge < -0.3 is 20.7 Å². The molecule has 7 heteroatoms. The monoisotopic (exact) mass is 399 g/mol. The molecule has 0 bridgehead atoms. The van der Waals surface area contributed by atoms with Gasteiger partial charge in [-0.3, -0.25) is 4.79 Å². The number of nitrogens with two attached hydrogens (primary N) is 1. The van der Waals surface area contributed by atoms with Gasteiger partial charge in [-0.05, 0) is 37.4 Å². The summed E-state index contributed by atoms with van der Waals surface area (Å²) in [6.07, 6.45) is 0. The van der Waals surface area contributed by atoms with E-state index in [1.54, 1.807) is 0 Å². The highest BCUT2D eigenvalue weighted by Gasteiger charge is 2.14. The van der Waals surface area contributed by atoms with Crippen LogP contribution in [0, 0.1) is 0 Å². The Kier molecular flexibility index (Phi) is 11.7. The molecule has 0 aromatic heterocycles. The summed E-state index contributed by atoms with van der Waals surface area (Å²) >= 11 is 0. The van der Waals surface area contributed by atoms with E-state index in [9.17, 15) is 4.79 Å². The van der Waals surface area contributed by atoms with Crippen molar-refractivity contribution in [3.63, 3.8) is 0 Å². The van der Waals surface area contributed by atoms with E-state index in [-0.39, 0.29) is 30.7 Å². The van der Waals surface area contributed by atoms with Crippen LogP contribution in [0.15, 0.2) is 54.6 Å². The van der Waals surface area contributed by atoms with Gasteiger partial charge >= 0.3 is 0 Å². The second kappa shape index (κ2) is 12.5. The highest BCUT2D eigenvalue weighted by atomic mass is 35.5. The van der Waals surface area contributed by atoms with E-state index >= 15 is 0 Å². The molecule has 0 aliphatic rings. The van der Waals surface area contributed by atoms with Gasteiger partial charge in [0.05, 0.1) is 0 Å². The Bertz CT molecular complexity index is 654. The van der Waals surface area contributed by atoms with Gasteiger partial charge in [-0.25, -0.2) is 0 Å². The fourth-order valence-electron chi connectivity index (χ4n) is 2.20. The molecule has 1 atom stereocenters. The van der Waals surface area contributed by atoms with Gasteiger partial charge in [-0.15, -0.1) is 24.8 Å². The molecule has 26 heavy (non-hydrogen) atoms. The highest BCUT2D eigenvalue weighted by Crippen LogP contribution is 2.14. The lowest BCUT2D eigenvalue weighted by Gasteiger charge is -2.14. The van der Waals surface area contributed by atoms with E-state index in [2.05, 4.69) is 10.2 Å². The molecular formula is C19H27Cl2N3O2. The molecule has 0 fully saturated rings. The van der Waals surface area contributed by atoms with E-state index in [0.29, 0.717) is 13.2 Å². The Labute approximate surface area is 167 Å². The lowest BCUT2D eigenvalue weighted by atomic mass is 10.1. The SMILES string of the molecule is CN(C)CCOc1cccc(CNC(=O)C(N)c2ccccc2)c1.Cl.Cl. The third kappa shape index (κ3) is 8.06.